The zero-order valence-corrected chi connectivity index (χ0v) is 18.0. The molecule has 150 valence electrons. The van der Waals surface area contributed by atoms with Crippen LogP contribution < -0.4 is 5.32 Å². The molecule has 0 aromatic carbocycles. The molecule has 1 fully saturated rings. The normalized spacial score (nSPS) is 15.2. The average Bonchev–Trinajstić information content (AvgIpc) is 2.84. The summed E-state index contributed by atoms with van der Waals surface area (Å²) in [5.74, 6) is 0.886. The number of carbonyl (C=O) groups excluding carboxylic acids is 1. The first kappa shape index (κ1) is 23.0. The van der Waals surface area contributed by atoms with Crippen molar-refractivity contribution in [1.82, 2.24) is 20.0 Å². The molecule has 1 N–H and O–H groups in total. The first-order valence-electron chi connectivity index (χ1n) is 9.97. The van der Waals surface area contributed by atoms with Crippen LogP contribution in [0.4, 0.5) is 0 Å². The van der Waals surface area contributed by atoms with Gasteiger partial charge in [-0.25, -0.2) is 0 Å². The number of nitrogens with zero attached hydrogens (tertiary/aromatic N) is 3. The second kappa shape index (κ2) is 10.9. The maximum atomic E-state index is 12.9. The van der Waals surface area contributed by atoms with Crippen LogP contribution >= 0.6 is 12.4 Å². The quantitative estimate of drug-likeness (QED) is 0.746. The van der Waals surface area contributed by atoms with E-state index in [2.05, 4.69) is 54.6 Å². The first-order valence-corrected chi connectivity index (χ1v) is 9.97. The van der Waals surface area contributed by atoms with Crippen molar-refractivity contribution in [2.75, 3.05) is 19.6 Å². The van der Waals surface area contributed by atoms with Gasteiger partial charge < -0.3 is 10.2 Å². The molecule has 0 radical (unpaired) electrons. The van der Waals surface area contributed by atoms with Crippen LogP contribution in [0, 0.1) is 19.8 Å². The van der Waals surface area contributed by atoms with E-state index in [1.54, 1.807) is 0 Å². The van der Waals surface area contributed by atoms with Crippen LogP contribution in [-0.4, -0.2) is 46.3 Å². The van der Waals surface area contributed by atoms with Gasteiger partial charge in [-0.05, 0) is 64.1 Å². The summed E-state index contributed by atoms with van der Waals surface area (Å²) < 4.78 is 2.11. The van der Waals surface area contributed by atoms with Gasteiger partial charge in [0.15, 0.2) is 0 Å². The Kier molecular flexibility index (Phi) is 9.66. The third-order valence-electron chi connectivity index (χ3n) is 5.19. The van der Waals surface area contributed by atoms with E-state index in [4.69, 9.17) is 0 Å². The maximum Gasteiger partial charge on any atom is 0.223 e. The summed E-state index contributed by atoms with van der Waals surface area (Å²) in [4.78, 5) is 15.0. The summed E-state index contributed by atoms with van der Waals surface area (Å²) >= 11 is 0. The highest BCUT2D eigenvalue weighted by molar-refractivity contribution is 5.85. The van der Waals surface area contributed by atoms with Crippen LogP contribution in [0.25, 0.3) is 0 Å². The van der Waals surface area contributed by atoms with E-state index < -0.39 is 0 Å². The van der Waals surface area contributed by atoms with Gasteiger partial charge in [0.25, 0.3) is 0 Å². The highest BCUT2D eigenvalue weighted by Gasteiger charge is 2.25. The molecule has 1 amide bonds. The van der Waals surface area contributed by atoms with Crippen molar-refractivity contribution in [3.8, 4) is 0 Å². The van der Waals surface area contributed by atoms with Gasteiger partial charge in [-0.3, -0.25) is 9.48 Å². The van der Waals surface area contributed by atoms with E-state index in [-0.39, 0.29) is 12.4 Å². The van der Waals surface area contributed by atoms with Gasteiger partial charge in [0, 0.05) is 31.2 Å². The van der Waals surface area contributed by atoms with E-state index in [9.17, 15) is 4.79 Å². The summed E-state index contributed by atoms with van der Waals surface area (Å²) in [6.45, 7) is 14.7. The van der Waals surface area contributed by atoms with Crippen molar-refractivity contribution in [3.05, 3.63) is 17.0 Å². The van der Waals surface area contributed by atoms with Crippen molar-refractivity contribution < 1.29 is 4.79 Å². The predicted molar refractivity (Wildman–Crippen MR) is 110 cm³/mol. The summed E-state index contributed by atoms with van der Waals surface area (Å²) in [6.07, 6.45) is 4.59. The smallest absolute Gasteiger partial charge is 0.223 e. The van der Waals surface area contributed by atoms with E-state index in [1.807, 2.05) is 0 Å². The van der Waals surface area contributed by atoms with Crippen LogP contribution in [0.1, 0.15) is 63.4 Å². The van der Waals surface area contributed by atoms with Gasteiger partial charge in [0.1, 0.15) is 0 Å². The maximum absolute atomic E-state index is 12.9. The van der Waals surface area contributed by atoms with Crippen LogP contribution in [0.2, 0.25) is 0 Å². The van der Waals surface area contributed by atoms with Gasteiger partial charge >= 0.3 is 0 Å². The number of hydrogen-bond donors (Lipinski definition) is 1. The van der Waals surface area contributed by atoms with Crippen molar-refractivity contribution in [3.63, 3.8) is 0 Å². The standard InChI is InChI=1S/C20H36N4O.ClH/c1-6-13-23(18-9-11-21-12-10-18)20(25)8-7-19-16(4)22-24(17(19)5)14-15(2)3;/h15,18,21H,6-14H2,1-5H3;1H. The summed E-state index contributed by atoms with van der Waals surface area (Å²) in [7, 11) is 0. The van der Waals surface area contributed by atoms with Gasteiger partial charge in [-0.15, -0.1) is 12.4 Å². The Morgan fingerprint density at radius 3 is 2.54 bits per heavy atom. The monoisotopic (exact) mass is 384 g/mol. The Morgan fingerprint density at radius 2 is 1.96 bits per heavy atom. The highest BCUT2D eigenvalue weighted by Crippen LogP contribution is 2.19. The van der Waals surface area contributed by atoms with Gasteiger partial charge in [0.2, 0.25) is 5.91 Å². The SMILES string of the molecule is CCCN(C(=O)CCc1c(C)nn(CC(C)C)c1C)C1CCNCC1.Cl. The summed E-state index contributed by atoms with van der Waals surface area (Å²) in [6, 6.07) is 0.416. The molecule has 1 saturated heterocycles. The molecule has 2 rings (SSSR count). The molecular formula is C20H37ClN4O. The Bertz CT molecular complexity index is 564. The third kappa shape index (κ3) is 5.98. The van der Waals surface area contributed by atoms with Crippen molar-refractivity contribution in [2.24, 2.45) is 5.92 Å². The molecule has 0 bridgehead atoms. The number of aromatic nitrogens is 2. The van der Waals surface area contributed by atoms with Crippen molar-refractivity contribution in [2.45, 2.75) is 79.3 Å². The Labute approximate surface area is 165 Å². The molecule has 1 aromatic rings. The minimum atomic E-state index is 0. The molecule has 0 unspecified atom stereocenters. The van der Waals surface area contributed by atoms with Crippen LogP contribution in [0.5, 0.6) is 0 Å². The minimum Gasteiger partial charge on any atom is -0.340 e. The van der Waals surface area contributed by atoms with Gasteiger partial charge in [-0.2, -0.15) is 5.10 Å². The highest BCUT2D eigenvalue weighted by atomic mass is 35.5. The molecule has 1 aromatic heterocycles. The van der Waals surface area contributed by atoms with Gasteiger partial charge in [0.05, 0.1) is 5.69 Å². The van der Waals surface area contributed by atoms with Gasteiger partial charge in [-0.1, -0.05) is 20.8 Å². The molecule has 2 heterocycles. The Morgan fingerprint density at radius 1 is 1.31 bits per heavy atom. The van der Waals surface area contributed by atoms with E-state index in [1.165, 1.54) is 11.3 Å². The number of amides is 1. The second-order valence-electron chi connectivity index (χ2n) is 7.79. The topological polar surface area (TPSA) is 50.2 Å². The fraction of sp³-hybridized carbons (Fsp3) is 0.800. The lowest BCUT2D eigenvalue weighted by Crippen LogP contribution is -2.46. The Balaban J connectivity index is 0.00000338. The molecule has 26 heavy (non-hydrogen) atoms. The molecule has 0 spiro atoms. The zero-order chi connectivity index (χ0) is 18.4. The zero-order valence-electron chi connectivity index (χ0n) is 17.2. The minimum absolute atomic E-state index is 0. The third-order valence-corrected chi connectivity index (χ3v) is 5.19. The molecule has 0 saturated carbocycles. The van der Waals surface area contributed by atoms with Crippen LogP contribution in [0.3, 0.4) is 0 Å². The predicted octanol–water partition coefficient (Wildman–Crippen LogP) is 3.50. The van der Waals surface area contributed by atoms with Crippen molar-refractivity contribution in [1.29, 1.82) is 0 Å². The second-order valence-corrected chi connectivity index (χ2v) is 7.79. The number of halogens is 1. The molecule has 1 aliphatic rings. The largest absolute Gasteiger partial charge is 0.340 e. The number of rotatable bonds is 8. The number of piperidine rings is 1. The fourth-order valence-corrected chi connectivity index (χ4v) is 3.87. The lowest BCUT2D eigenvalue weighted by atomic mass is 10.0. The Hall–Kier alpha value is -1.07. The molecular weight excluding hydrogens is 348 g/mol. The number of carbonyl (C=O) groups is 1. The van der Waals surface area contributed by atoms with E-state index in [0.29, 0.717) is 24.3 Å². The first-order chi connectivity index (χ1) is 11.9. The molecule has 0 aliphatic carbocycles. The van der Waals surface area contributed by atoms with E-state index in [0.717, 1.165) is 57.6 Å². The molecule has 0 atom stereocenters. The molecule has 1 aliphatic heterocycles. The van der Waals surface area contributed by atoms with E-state index >= 15 is 0 Å². The van der Waals surface area contributed by atoms with Crippen LogP contribution in [0.15, 0.2) is 0 Å². The number of nitrogens with one attached hydrogen (secondary N) is 1. The number of hydrogen-bond acceptors (Lipinski definition) is 3. The lowest BCUT2D eigenvalue weighted by molar-refractivity contribution is -0.134. The van der Waals surface area contributed by atoms with Crippen LogP contribution in [-0.2, 0) is 17.8 Å². The molecule has 6 heteroatoms. The lowest BCUT2D eigenvalue weighted by Gasteiger charge is -2.34. The van der Waals surface area contributed by atoms with Crippen molar-refractivity contribution >= 4 is 18.3 Å². The summed E-state index contributed by atoms with van der Waals surface area (Å²) in [5.41, 5.74) is 3.56. The molecule has 5 nitrogen and oxygen atoms in total. The number of aryl methyl sites for hydroxylation is 1. The fourth-order valence-electron chi connectivity index (χ4n) is 3.87. The summed E-state index contributed by atoms with van der Waals surface area (Å²) in [5, 5.41) is 8.08. The average molecular weight is 385 g/mol.